The first kappa shape index (κ1) is 26.2. The van der Waals surface area contributed by atoms with Gasteiger partial charge in [0.2, 0.25) is 5.91 Å². The molecule has 184 valence electrons. The first-order valence-electron chi connectivity index (χ1n) is 11.3. The lowest BCUT2D eigenvalue weighted by Crippen LogP contribution is -2.42. The molecule has 0 radical (unpaired) electrons. The maximum atomic E-state index is 13.3. The highest BCUT2D eigenvalue weighted by Gasteiger charge is 2.32. The molecule has 0 fully saturated rings. The summed E-state index contributed by atoms with van der Waals surface area (Å²) in [6.45, 7) is 6.85. The van der Waals surface area contributed by atoms with Gasteiger partial charge in [-0.15, -0.1) is 0 Å². The van der Waals surface area contributed by atoms with Gasteiger partial charge in [0.15, 0.2) is 5.17 Å². The number of nitrogens with zero attached hydrogens (tertiary/aromatic N) is 2. The van der Waals surface area contributed by atoms with E-state index in [2.05, 4.69) is 29.5 Å². The zero-order valence-electron chi connectivity index (χ0n) is 20.3. The zero-order chi connectivity index (χ0) is 25.4. The molecule has 0 saturated carbocycles. The number of aryl methyl sites for hydroxylation is 1. The number of anilines is 1. The first-order valence-corrected chi connectivity index (χ1v) is 12.3. The second-order valence-corrected chi connectivity index (χ2v) is 9.25. The van der Waals surface area contributed by atoms with Crippen LogP contribution in [-0.4, -0.2) is 49.0 Å². The minimum absolute atomic E-state index is 0.0808. The Morgan fingerprint density at radius 1 is 1.11 bits per heavy atom. The Morgan fingerprint density at radius 3 is 2.43 bits per heavy atom. The van der Waals surface area contributed by atoms with E-state index in [0.717, 1.165) is 22.9 Å². The van der Waals surface area contributed by atoms with Crippen LogP contribution in [0, 0.1) is 6.92 Å². The van der Waals surface area contributed by atoms with Crippen molar-refractivity contribution in [2.75, 3.05) is 30.9 Å². The number of methoxy groups -OCH3 is 1. The fourth-order valence-electron chi connectivity index (χ4n) is 3.25. The number of rotatable bonds is 8. The number of hydrogen-bond donors (Lipinski definition) is 2. The molecule has 1 aliphatic heterocycles. The minimum Gasteiger partial charge on any atom is -0.383 e. The number of urea groups is 1. The second-order valence-electron chi connectivity index (χ2n) is 8.31. The molecule has 0 aromatic heterocycles. The van der Waals surface area contributed by atoms with Gasteiger partial charge in [-0.1, -0.05) is 67.6 Å². The molecule has 8 nitrogen and oxygen atoms in total. The lowest BCUT2D eigenvalue weighted by molar-refractivity contribution is -0.117. The summed E-state index contributed by atoms with van der Waals surface area (Å²) in [7, 11) is 1.52. The highest BCUT2D eigenvalue weighted by atomic mass is 32.2. The third-order valence-corrected chi connectivity index (χ3v) is 6.14. The third kappa shape index (κ3) is 7.27. The average Bonchev–Trinajstić information content (AvgIpc) is 3.13. The normalized spacial score (nSPS) is 14.4. The molecule has 0 spiro atoms. The Morgan fingerprint density at radius 2 is 1.80 bits per heavy atom. The third-order valence-electron chi connectivity index (χ3n) is 5.21. The van der Waals surface area contributed by atoms with Crippen LogP contribution in [0.1, 0.15) is 36.5 Å². The van der Waals surface area contributed by atoms with Crippen LogP contribution in [0.2, 0.25) is 0 Å². The summed E-state index contributed by atoms with van der Waals surface area (Å²) < 4.78 is 4.86. The van der Waals surface area contributed by atoms with E-state index in [1.54, 1.807) is 6.08 Å². The number of ether oxygens (including phenoxy) is 1. The SMILES string of the molecule is COCCNC(=O)NC(=O)CSC1=N/C(=C\c2ccc(C(C)C)cc2)C(=O)N1c1ccc(C)cc1. The standard InChI is InChI=1S/C26H30N4O4S/c1-17(2)20-9-7-19(8-10-20)15-22-24(32)30(21-11-5-18(3)6-12-21)26(28-22)35-16-23(31)29-25(33)27-13-14-34-4/h5-12,15,17H,13-14,16H2,1-4H3,(H2,27,29,31,33)/b22-15-. The summed E-state index contributed by atoms with van der Waals surface area (Å²) in [6.07, 6.45) is 1.74. The van der Waals surface area contributed by atoms with Crippen molar-refractivity contribution in [1.82, 2.24) is 10.6 Å². The highest BCUT2D eigenvalue weighted by molar-refractivity contribution is 8.14. The predicted molar refractivity (Wildman–Crippen MR) is 140 cm³/mol. The van der Waals surface area contributed by atoms with E-state index in [4.69, 9.17) is 4.74 Å². The number of amidine groups is 1. The van der Waals surface area contributed by atoms with Crippen molar-refractivity contribution in [2.45, 2.75) is 26.7 Å². The van der Waals surface area contributed by atoms with Crippen molar-refractivity contribution in [3.05, 3.63) is 70.9 Å². The van der Waals surface area contributed by atoms with Crippen molar-refractivity contribution in [3.63, 3.8) is 0 Å². The Balaban J connectivity index is 1.78. The number of hydrogen-bond acceptors (Lipinski definition) is 6. The Hall–Kier alpha value is -3.43. The monoisotopic (exact) mass is 494 g/mol. The van der Waals surface area contributed by atoms with Gasteiger partial charge < -0.3 is 10.1 Å². The summed E-state index contributed by atoms with van der Waals surface area (Å²) in [6, 6.07) is 14.9. The van der Waals surface area contributed by atoms with E-state index in [-0.39, 0.29) is 23.9 Å². The smallest absolute Gasteiger partial charge is 0.321 e. The lowest BCUT2D eigenvalue weighted by atomic mass is 10.0. The molecular formula is C26H30N4O4S. The van der Waals surface area contributed by atoms with E-state index in [1.165, 1.54) is 17.6 Å². The number of carbonyl (C=O) groups excluding carboxylic acids is 3. The van der Waals surface area contributed by atoms with Crippen molar-refractivity contribution < 1.29 is 19.1 Å². The molecule has 1 aliphatic rings. The van der Waals surface area contributed by atoms with Gasteiger partial charge in [0, 0.05) is 13.7 Å². The summed E-state index contributed by atoms with van der Waals surface area (Å²) >= 11 is 1.09. The van der Waals surface area contributed by atoms with Crippen LogP contribution >= 0.6 is 11.8 Å². The molecule has 0 atom stereocenters. The summed E-state index contributed by atoms with van der Waals surface area (Å²) in [4.78, 5) is 43.4. The highest BCUT2D eigenvalue weighted by Crippen LogP contribution is 2.30. The van der Waals surface area contributed by atoms with E-state index < -0.39 is 11.9 Å². The van der Waals surface area contributed by atoms with Crippen molar-refractivity contribution in [2.24, 2.45) is 4.99 Å². The maximum Gasteiger partial charge on any atom is 0.321 e. The molecule has 0 bridgehead atoms. The minimum atomic E-state index is -0.599. The largest absolute Gasteiger partial charge is 0.383 e. The number of aliphatic imine (C=N–C) groups is 1. The first-order chi connectivity index (χ1) is 16.8. The van der Waals surface area contributed by atoms with Crippen molar-refractivity contribution >= 4 is 46.5 Å². The van der Waals surface area contributed by atoms with Crippen molar-refractivity contribution in [1.29, 1.82) is 0 Å². The van der Waals surface area contributed by atoms with Gasteiger partial charge in [-0.3, -0.25) is 19.8 Å². The molecule has 0 unspecified atom stereocenters. The summed E-state index contributed by atoms with van der Waals surface area (Å²) in [5.41, 5.74) is 4.07. The van der Waals surface area contributed by atoms with E-state index in [0.29, 0.717) is 23.4 Å². The van der Waals surface area contributed by atoms with Gasteiger partial charge in [0.1, 0.15) is 5.70 Å². The van der Waals surface area contributed by atoms with Crippen molar-refractivity contribution in [3.8, 4) is 0 Å². The van der Waals surface area contributed by atoms with Gasteiger partial charge in [0.05, 0.1) is 18.0 Å². The second kappa shape index (κ2) is 12.3. The molecule has 4 amide bonds. The van der Waals surface area contributed by atoms with Gasteiger partial charge in [-0.05, 0) is 42.2 Å². The molecule has 2 aromatic carbocycles. The van der Waals surface area contributed by atoms with Crippen LogP contribution < -0.4 is 15.5 Å². The summed E-state index contributed by atoms with van der Waals surface area (Å²) in [5, 5.41) is 5.16. The molecule has 3 rings (SSSR count). The molecule has 1 heterocycles. The maximum absolute atomic E-state index is 13.3. The quantitative estimate of drug-likeness (QED) is 0.426. The molecule has 0 saturated heterocycles. The van der Waals surface area contributed by atoms with E-state index in [9.17, 15) is 14.4 Å². The Bertz CT molecular complexity index is 1130. The van der Waals surface area contributed by atoms with Crippen LogP contribution in [0.25, 0.3) is 6.08 Å². The molecule has 0 aliphatic carbocycles. The van der Waals surface area contributed by atoms with Crippen LogP contribution in [0.4, 0.5) is 10.5 Å². The topological polar surface area (TPSA) is 100 Å². The lowest BCUT2D eigenvalue weighted by Gasteiger charge is -2.18. The van der Waals surface area contributed by atoms with Crippen LogP contribution in [0.15, 0.2) is 59.2 Å². The van der Waals surface area contributed by atoms with Gasteiger partial charge >= 0.3 is 6.03 Å². The molecule has 9 heteroatoms. The van der Waals surface area contributed by atoms with E-state index in [1.807, 2.05) is 55.5 Å². The predicted octanol–water partition coefficient (Wildman–Crippen LogP) is 4.07. The number of thioether (sulfide) groups is 1. The van der Waals surface area contributed by atoms with Gasteiger partial charge in [-0.2, -0.15) is 0 Å². The van der Waals surface area contributed by atoms with Crippen LogP contribution in [0.3, 0.4) is 0 Å². The molecule has 2 N–H and O–H groups in total. The average molecular weight is 495 g/mol. The number of amides is 4. The Labute approximate surface area is 209 Å². The number of nitrogens with one attached hydrogen (secondary N) is 2. The number of benzene rings is 2. The fraction of sp³-hybridized carbons (Fsp3) is 0.308. The molecule has 35 heavy (non-hydrogen) atoms. The zero-order valence-corrected chi connectivity index (χ0v) is 21.1. The Kier molecular flexibility index (Phi) is 9.22. The number of imide groups is 1. The van der Waals surface area contributed by atoms with Crippen LogP contribution in [-0.2, 0) is 14.3 Å². The van der Waals surface area contributed by atoms with Gasteiger partial charge in [0.25, 0.3) is 5.91 Å². The molecule has 2 aromatic rings. The fourth-order valence-corrected chi connectivity index (χ4v) is 4.07. The number of carbonyl (C=O) groups is 3. The van der Waals surface area contributed by atoms with E-state index >= 15 is 0 Å². The van der Waals surface area contributed by atoms with Crippen LogP contribution in [0.5, 0.6) is 0 Å². The summed E-state index contributed by atoms with van der Waals surface area (Å²) in [5.74, 6) is -0.438. The molecular weight excluding hydrogens is 464 g/mol. The van der Waals surface area contributed by atoms with Gasteiger partial charge in [-0.25, -0.2) is 9.79 Å².